The quantitative estimate of drug-likeness (QED) is 0.483. The van der Waals surface area contributed by atoms with Crippen LogP contribution in [0.1, 0.15) is 68.9 Å². The Morgan fingerprint density at radius 1 is 0.516 bits per heavy atom. The van der Waals surface area contributed by atoms with Gasteiger partial charge in [0.2, 0.25) is 0 Å². The summed E-state index contributed by atoms with van der Waals surface area (Å²) in [5, 5.41) is 7.65. The molecule has 0 heterocycles. The van der Waals surface area contributed by atoms with E-state index in [1.54, 1.807) is 0 Å². The highest BCUT2D eigenvalue weighted by Crippen LogP contribution is 2.35. The van der Waals surface area contributed by atoms with Gasteiger partial charge >= 0.3 is 0 Å². The van der Waals surface area contributed by atoms with Crippen LogP contribution in [0.25, 0.3) is 0 Å². The molecule has 2 nitrogen and oxygen atoms in total. The molecule has 4 rings (SSSR count). The fourth-order valence-corrected chi connectivity index (χ4v) is 5.81. The largest absolute Gasteiger partial charge is 0.314 e. The Kier molecular flexibility index (Phi) is 9.03. The lowest BCUT2D eigenvalue weighted by atomic mass is 9.75. The van der Waals surface area contributed by atoms with Crippen LogP contribution in [-0.2, 0) is 12.8 Å². The summed E-state index contributed by atoms with van der Waals surface area (Å²) in [6.45, 7) is 2.25. The summed E-state index contributed by atoms with van der Waals surface area (Å²) >= 11 is 0. The molecule has 0 amide bonds. The van der Waals surface area contributed by atoms with Crippen LogP contribution >= 0.6 is 0 Å². The van der Waals surface area contributed by atoms with Gasteiger partial charge in [0.05, 0.1) is 0 Å². The van der Waals surface area contributed by atoms with Crippen LogP contribution in [-0.4, -0.2) is 25.2 Å². The molecule has 2 aliphatic rings. The van der Waals surface area contributed by atoms with E-state index < -0.39 is 0 Å². The highest BCUT2D eigenvalue weighted by molar-refractivity contribution is 5.15. The van der Waals surface area contributed by atoms with Crippen molar-refractivity contribution in [3.63, 3.8) is 0 Å². The standard InChI is InChI=1S/C29H42N2/c1-3-7-24(8-4-1)19-21-30-28-15-11-26(12-16-28)23-27-13-17-29(18-14-27)31-22-20-25-9-5-2-6-10-25/h1-10,26-31H,11-23H2. The second-order valence-electron chi connectivity index (χ2n) is 10.1. The van der Waals surface area contributed by atoms with Crippen molar-refractivity contribution in [2.75, 3.05) is 13.1 Å². The predicted molar refractivity (Wildman–Crippen MR) is 132 cm³/mol. The highest BCUT2D eigenvalue weighted by atomic mass is 14.9. The Bertz CT molecular complexity index is 649. The molecule has 2 heteroatoms. The smallest absolute Gasteiger partial charge is 0.00673 e. The minimum atomic E-state index is 0.754. The van der Waals surface area contributed by atoms with Crippen LogP contribution in [0.5, 0.6) is 0 Å². The normalized spacial score (nSPS) is 26.6. The van der Waals surface area contributed by atoms with Gasteiger partial charge in [-0.1, -0.05) is 60.7 Å². The molecule has 2 aromatic carbocycles. The minimum absolute atomic E-state index is 0.754. The van der Waals surface area contributed by atoms with Gasteiger partial charge in [0, 0.05) is 12.1 Å². The molecular weight excluding hydrogens is 376 g/mol. The van der Waals surface area contributed by atoms with E-state index in [0.717, 1.165) is 49.9 Å². The third kappa shape index (κ3) is 7.77. The first-order valence-electron chi connectivity index (χ1n) is 12.9. The van der Waals surface area contributed by atoms with Gasteiger partial charge in [-0.15, -0.1) is 0 Å². The fraction of sp³-hybridized carbons (Fsp3) is 0.586. The Morgan fingerprint density at radius 3 is 1.29 bits per heavy atom. The van der Waals surface area contributed by atoms with E-state index >= 15 is 0 Å². The van der Waals surface area contributed by atoms with Crippen molar-refractivity contribution in [3.05, 3.63) is 71.8 Å². The molecule has 0 aliphatic heterocycles. The first-order valence-corrected chi connectivity index (χ1v) is 12.9. The molecule has 0 spiro atoms. The van der Waals surface area contributed by atoms with E-state index in [1.165, 1.54) is 68.9 Å². The third-order valence-electron chi connectivity index (χ3n) is 7.74. The Labute approximate surface area is 190 Å². The molecule has 2 saturated carbocycles. The van der Waals surface area contributed by atoms with Crippen molar-refractivity contribution in [1.82, 2.24) is 10.6 Å². The molecule has 0 aromatic heterocycles. The summed E-state index contributed by atoms with van der Waals surface area (Å²) < 4.78 is 0. The molecule has 2 aliphatic carbocycles. The molecule has 0 radical (unpaired) electrons. The number of rotatable bonds is 10. The first kappa shape index (κ1) is 22.6. The lowest BCUT2D eigenvalue weighted by molar-refractivity contribution is 0.207. The molecule has 2 aromatic rings. The van der Waals surface area contributed by atoms with Crippen molar-refractivity contribution >= 4 is 0 Å². The third-order valence-corrected chi connectivity index (χ3v) is 7.74. The fourth-order valence-electron chi connectivity index (χ4n) is 5.81. The van der Waals surface area contributed by atoms with E-state index in [2.05, 4.69) is 71.3 Å². The lowest BCUT2D eigenvalue weighted by Gasteiger charge is -2.34. The summed E-state index contributed by atoms with van der Waals surface area (Å²) in [6.07, 6.45) is 15.1. The van der Waals surface area contributed by atoms with Crippen molar-refractivity contribution in [3.8, 4) is 0 Å². The SMILES string of the molecule is c1ccc(CCNC2CCC(CC3CCC(NCCc4ccccc4)CC3)CC2)cc1. The minimum Gasteiger partial charge on any atom is -0.314 e. The number of hydrogen-bond acceptors (Lipinski definition) is 2. The summed E-state index contributed by atoms with van der Waals surface area (Å²) in [7, 11) is 0. The summed E-state index contributed by atoms with van der Waals surface area (Å²) in [6, 6.07) is 23.3. The maximum absolute atomic E-state index is 3.82. The van der Waals surface area contributed by atoms with Crippen LogP contribution in [0.3, 0.4) is 0 Å². The topological polar surface area (TPSA) is 24.1 Å². The maximum atomic E-state index is 3.82. The van der Waals surface area contributed by atoms with E-state index in [0.29, 0.717) is 0 Å². The average Bonchev–Trinajstić information content (AvgIpc) is 2.83. The average molecular weight is 419 g/mol. The second-order valence-corrected chi connectivity index (χ2v) is 10.1. The number of benzene rings is 2. The molecular formula is C29H42N2. The van der Waals surface area contributed by atoms with Gasteiger partial charge < -0.3 is 10.6 Å². The van der Waals surface area contributed by atoms with Gasteiger partial charge in [-0.05, 0) is 107 Å². The molecule has 31 heavy (non-hydrogen) atoms. The van der Waals surface area contributed by atoms with Gasteiger partial charge in [-0.25, -0.2) is 0 Å². The summed E-state index contributed by atoms with van der Waals surface area (Å²) in [4.78, 5) is 0. The van der Waals surface area contributed by atoms with E-state index in [9.17, 15) is 0 Å². The van der Waals surface area contributed by atoms with Gasteiger partial charge in [0.25, 0.3) is 0 Å². The summed E-state index contributed by atoms with van der Waals surface area (Å²) in [5.74, 6) is 1.97. The van der Waals surface area contributed by atoms with Gasteiger partial charge in [-0.3, -0.25) is 0 Å². The highest BCUT2D eigenvalue weighted by Gasteiger charge is 2.26. The molecule has 2 fully saturated rings. The molecule has 168 valence electrons. The van der Waals surface area contributed by atoms with Crippen molar-refractivity contribution in [1.29, 1.82) is 0 Å². The maximum Gasteiger partial charge on any atom is 0.00673 e. The number of nitrogens with one attached hydrogen (secondary N) is 2. The van der Waals surface area contributed by atoms with Crippen LogP contribution in [0, 0.1) is 11.8 Å². The molecule has 0 saturated heterocycles. The van der Waals surface area contributed by atoms with Crippen LogP contribution in [0.4, 0.5) is 0 Å². The lowest BCUT2D eigenvalue weighted by Crippen LogP contribution is -2.36. The molecule has 2 N–H and O–H groups in total. The van der Waals surface area contributed by atoms with Crippen LogP contribution in [0.15, 0.2) is 60.7 Å². The zero-order valence-electron chi connectivity index (χ0n) is 19.3. The van der Waals surface area contributed by atoms with E-state index in [4.69, 9.17) is 0 Å². The zero-order valence-corrected chi connectivity index (χ0v) is 19.3. The molecule has 0 bridgehead atoms. The molecule has 0 unspecified atom stereocenters. The summed E-state index contributed by atoms with van der Waals surface area (Å²) in [5.41, 5.74) is 2.91. The monoisotopic (exact) mass is 418 g/mol. The Hall–Kier alpha value is -1.64. The Morgan fingerprint density at radius 2 is 0.903 bits per heavy atom. The van der Waals surface area contributed by atoms with Crippen LogP contribution < -0.4 is 10.6 Å². The second kappa shape index (κ2) is 12.4. The van der Waals surface area contributed by atoms with Crippen LogP contribution in [0.2, 0.25) is 0 Å². The number of hydrogen-bond donors (Lipinski definition) is 2. The Balaban J connectivity index is 1.05. The molecule has 0 atom stereocenters. The van der Waals surface area contributed by atoms with Crippen molar-refractivity contribution < 1.29 is 0 Å². The first-order chi connectivity index (χ1) is 15.3. The van der Waals surface area contributed by atoms with Gasteiger partial charge in [0.15, 0.2) is 0 Å². The van der Waals surface area contributed by atoms with Crippen molar-refractivity contribution in [2.24, 2.45) is 11.8 Å². The van der Waals surface area contributed by atoms with Gasteiger partial charge in [0.1, 0.15) is 0 Å². The van der Waals surface area contributed by atoms with E-state index in [-0.39, 0.29) is 0 Å². The zero-order chi connectivity index (χ0) is 21.1. The predicted octanol–water partition coefficient (Wildman–Crippen LogP) is 6.16. The van der Waals surface area contributed by atoms with Crippen molar-refractivity contribution in [2.45, 2.75) is 82.7 Å². The van der Waals surface area contributed by atoms with E-state index in [1.807, 2.05) is 0 Å². The van der Waals surface area contributed by atoms with Gasteiger partial charge in [-0.2, -0.15) is 0 Å².